The highest BCUT2D eigenvalue weighted by Crippen LogP contribution is 2.26. The van der Waals surface area contributed by atoms with Gasteiger partial charge >= 0.3 is 6.03 Å². The molecule has 3 amide bonds. The highest BCUT2D eigenvalue weighted by Gasteiger charge is 2.37. The molecule has 0 radical (unpaired) electrons. The second-order valence-electron chi connectivity index (χ2n) is 8.65. The lowest BCUT2D eigenvalue weighted by Gasteiger charge is -2.41. The van der Waals surface area contributed by atoms with Gasteiger partial charge in [0.1, 0.15) is 11.9 Å². The van der Waals surface area contributed by atoms with Crippen LogP contribution in [0.2, 0.25) is 0 Å². The van der Waals surface area contributed by atoms with Crippen LogP contribution in [0.25, 0.3) is 0 Å². The minimum absolute atomic E-state index is 0.0125. The molecule has 1 aromatic heterocycles. The highest BCUT2D eigenvalue weighted by molar-refractivity contribution is 5.89. The quantitative estimate of drug-likeness (QED) is 0.867. The number of amides is 3. The number of nitrogens with one attached hydrogen (secondary N) is 1. The fraction of sp³-hybridized carbons (Fsp3) is 0.409. The molecule has 0 saturated carbocycles. The fourth-order valence-corrected chi connectivity index (χ4v) is 3.53. The molecular weight excluding hydrogens is 368 g/mol. The maximum absolute atomic E-state index is 12.5. The molecule has 7 nitrogen and oxygen atoms in total. The molecule has 29 heavy (non-hydrogen) atoms. The number of urea groups is 1. The van der Waals surface area contributed by atoms with Crippen LogP contribution in [0, 0.1) is 5.41 Å². The van der Waals surface area contributed by atoms with Gasteiger partial charge in [-0.3, -0.25) is 9.78 Å². The van der Waals surface area contributed by atoms with Crippen LogP contribution in [0.4, 0.5) is 10.5 Å². The fourth-order valence-electron chi connectivity index (χ4n) is 3.53. The van der Waals surface area contributed by atoms with Crippen LogP contribution >= 0.6 is 0 Å². The number of nitrogens with zero attached hydrogens (tertiary/aromatic N) is 3. The predicted molar refractivity (Wildman–Crippen MR) is 109 cm³/mol. The third-order valence-electron chi connectivity index (χ3n) is 5.20. The van der Waals surface area contributed by atoms with Crippen molar-refractivity contribution in [3.63, 3.8) is 0 Å². The van der Waals surface area contributed by atoms with Crippen molar-refractivity contribution in [3.05, 3.63) is 53.9 Å². The Kier molecular flexibility index (Phi) is 4.90. The van der Waals surface area contributed by atoms with E-state index in [0.29, 0.717) is 26.2 Å². The van der Waals surface area contributed by atoms with Crippen molar-refractivity contribution in [2.75, 3.05) is 18.4 Å². The lowest BCUT2D eigenvalue weighted by molar-refractivity contribution is -0.148. The summed E-state index contributed by atoms with van der Waals surface area (Å²) in [5.74, 6) is 0.880. The van der Waals surface area contributed by atoms with Crippen molar-refractivity contribution >= 4 is 17.6 Å². The van der Waals surface area contributed by atoms with Gasteiger partial charge in [-0.1, -0.05) is 20.8 Å². The molecule has 2 aliphatic heterocycles. The molecule has 7 heteroatoms. The van der Waals surface area contributed by atoms with Gasteiger partial charge in [0.2, 0.25) is 5.91 Å². The van der Waals surface area contributed by atoms with Gasteiger partial charge in [-0.2, -0.15) is 0 Å². The van der Waals surface area contributed by atoms with Crippen LogP contribution < -0.4 is 10.1 Å². The molecular formula is C22H26N4O3. The Morgan fingerprint density at radius 1 is 1.03 bits per heavy atom. The van der Waals surface area contributed by atoms with Crippen molar-refractivity contribution in [1.82, 2.24) is 14.8 Å². The maximum Gasteiger partial charge on any atom is 0.322 e. The summed E-state index contributed by atoms with van der Waals surface area (Å²) in [4.78, 5) is 32.4. The molecule has 2 aliphatic rings. The normalized spacial score (nSPS) is 16.2. The molecule has 3 heterocycles. The van der Waals surface area contributed by atoms with Crippen LogP contribution in [0.5, 0.6) is 5.75 Å². The summed E-state index contributed by atoms with van der Waals surface area (Å²) < 4.78 is 5.92. The molecule has 0 atom stereocenters. The Hall–Kier alpha value is -3.09. The van der Waals surface area contributed by atoms with E-state index in [4.69, 9.17) is 4.74 Å². The van der Waals surface area contributed by atoms with Crippen molar-refractivity contribution in [1.29, 1.82) is 0 Å². The van der Waals surface area contributed by atoms with E-state index >= 15 is 0 Å². The van der Waals surface area contributed by atoms with Gasteiger partial charge in [0.15, 0.2) is 0 Å². The molecule has 1 aromatic carbocycles. The van der Waals surface area contributed by atoms with E-state index in [-0.39, 0.29) is 23.5 Å². The minimum atomic E-state index is -0.363. The number of benzene rings is 1. The van der Waals surface area contributed by atoms with Gasteiger partial charge in [0.25, 0.3) is 0 Å². The van der Waals surface area contributed by atoms with Gasteiger partial charge in [-0.05, 0) is 41.5 Å². The number of carbonyl (C=O) groups excluding carboxylic acids is 2. The number of aromatic nitrogens is 1. The topological polar surface area (TPSA) is 74.8 Å². The lowest BCUT2D eigenvalue weighted by atomic mass is 9.93. The Morgan fingerprint density at radius 3 is 2.38 bits per heavy atom. The van der Waals surface area contributed by atoms with E-state index in [1.54, 1.807) is 11.1 Å². The molecule has 0 bridgehead atoms. The van der Waals surface area contributed by atoms with Crippen LogP contribution in [-0.2, 0) is 17.9 Å². The van der Waals surface area contributed by atoms with Crippen molar-refractivity contribution < 1.29 is 14.3 Å². The first-order valence-electron chi connectivity index (χ1n) is 9.83. The Bertz CT molecular complexity index is 889. The average molecular weight is 394 g/mol. The first-order valence-corrected chi connectivity index (χ1v) is 9.83. The molecule has 0 aliphatic carbocycles. The first-order chi connectivity index (χ1) is 13.8. The number of rotatable bonds is 3. The first kappa shape index (κ1) is 19.2. The summed E-state index contributed by atoms with van der Waals surface area (Å²) in [7, 11) is 0. The van der Waals surface area contributed by atoms with Crippen molar-refractivity contribution in [3.8, 4) is 5.75 Å². The predicted octanol–water partition coefficient (Wildman–Crippen LogP) is 3.27. The molecule has 152 valence electrons. The summed E-state index contributed by atoms with van der Waals surface area (Å²) in [6, 6.07) is 9.15. The molecule has 1 N–H and O–H groups in total. The largest absolute Gasteiger partial charge is 0.487 e. The van der Waals surface area contributed by atoms with E-state index in [1.807, 2.05) is 62.2 Å². The number of fused-ring (bicyclic) bond motifs is 1. The molecule has 0 spiro atoms. The van der Waals surface area contributed by atoms with Crippen LogP contribution in [0.3, 0.4) is 0 Å². The Labute approximate surface area is 170 Å². The second kappa shape index (κ2) is 7.39. The molecule has 2 aromatic rings. The van der Waals surface area contributed by atoms with E-state index in [9.17, 15) is 9.59 Å². The van der Waals surface area contributed by atoms with Crippen molar-refractivity contribution in [2.24, 2.45) is 5.41 Å². The number of likely N-dealkylation sites (tertiary alicyclic amines) is 1. The SMILES string of the molecule is CC(C)(C)C(=O)N1CC(Oc2ccc(NC(=O)N3Cc4ccncc4C3)cc2)C1. The lowest BCUT2D eigenvalue weighted by Crippen LogP contribution is -2.58. The zero-order chi connectivity index (χ0) is 20.6. The van der Waals surface area contributed by atoms with E-state index in [0.717, 1.165) is 22.6 Å². The van der Waals surface area contributed by atoms with E-state index in [2.05, 4.69) is 10.3 Å². The summed E-state index contributed by atoms with van der Waals surface area (Å²) in [6.45, 7) is 8.16. The number of pyridine rings is 1. The zero-order valence-electron chi connectivity index (χ0n) is 17.0. The zero-order valence-corrected chi connectivity index (χ0v) is 17.0. The summed E-state index contributed by atoms with van der Waals surface area (Å²) >= 11 is 0. The summed E-state index contributed by atoms with van der Waals surface area (Å²) in [5.41, 5.74) is 2.58. The smallest absolute Gasteiger partial charge is 0.322 e. The number of carbonyl (C=O) groups is 2. The van der Waals surface area contributed by atoms with Gasteiger partial charge < -0.3 is 19.9 Å². The molecule has 4 rings (SSSR count). The molecule has 1 saturated heterocycles. The van der Waals surface area contributed by atoms with Gasteiger partial charge in [0.05, 0.1) is 13.1 Å². The van der Waals surface area contributed by atoms with E-state index in [1.165, 1.54) is 0 Å². The summed E-state index contributed by atoms with van der Waals surface area (Å²) in [5, 5.41) is 2.92. The van der Waals surface area contributed by atoms with Crippen molar-refractivity contribution in [2.45, 2.75) is 40.0 Å². The highest BCUT2D eigenvalue weighted by atomic mass is 16.5. The third kappa shape index (κ3) is 4.18. The van der Waals surface area contributed by atoms with Crippen LogP contribution in [-0.4, -0.2) is 45.9 Å². The number of anilines is 1. The monoisotopic (exact) mass is 394 g/mol. The standard InChI is InChI=1S/C22H26N4O3/c1-22(2,3)20(27)25-13-19(14-25)29-18-6-4-17(5-7-18)24-21(28)26-11-15-8-9-23-10-16(15)12-26/h4-10,19H,11-14H2,1-3H3,(H,24,28). The van der Waals surface area contributed by atoms with E-state index < -0.39 is 0 Å². The van der Waals surface area contributed by atoms with Gasteiger partial charge in [-0.15, -0.1) is 0 Å². The number of hydrogen-bond acceptors (Lipinski definition) is 4. The second-order valence-corrected chi connectivity index (χ2v) is 8.65. The Balaban J connectivity index is 1.26. The molecule has 1 fully saturated rings. The van der Waals surface area contributed by atoms with Gasteiger partial charge in [0, 0.05) is 36.6 Å². The maximum atomic E-state index is 12.5. The Morgan fingerprint density at radius 2 is 1.72 bits per heavy atom. The van der Waals surface area contributed by atoms with Crippen LogP contribution in [0.15, 0.2) is 42.7 Å². The summed E-state index contributed by atoms with van der Waals surface area (Å²) in [6.07, 6.45) is 3.57. The van der Waals surface area contributed by atoms with Gasteiger partial charge in [-0.25, -0.2) is 4.79 Å². The third-order valence-corrected chi connectivity index (χ3v) is 5.20. The van der Waals surface area contributed by atoms with Crippen LogP contribution in [0.1, 0.15) is 31.9 Å². The number of ether oxygens (including phenoxy) is 1. The average Bonchev–Trinajstić information content (AvgIpc) is 3.09. The molecule has 0 unspecified atom stereocenters. The number of hydrogen-bond donors (Lipinski definition) is 1. The minimum Gasteiger partial charge on any atom is -0.487 e.